The van der Waals surface area contributed by atoms with E-state index >= 15 is 0 Å². The molecule has 3 rings (SSSR count). The predicted molar refractivity (Wildman–Crippen MR) is 99.4 cm³/mol. The van der Waals surface area contributed by atoms with Gasteiger partial charge >= 0.3 is 5.97 Å². The highest BCUT2D eigenvalue weighted by atomic mass is 16.5. The molecule has 132 valence electrons. The third-order valence-electron chi connectivity index (χ3n) is 3.73. The van der Waals surface area contributed by atoms with Crippen molar-refractivity contribution >= 4 is 23.4 Å². The van der Waals surface area contributed by atoms with E-state index in [9.17, 15) is 4.79 Å². The highest BCUT2D eigenvalue weighted by Crippen LogP contribution is 2.19. The van der Waals surface area contributed by atoms with Crippen molar-refractivity contribution in [2.24, 2.45) is 0 Å². The first-order chi connectivity index (χ1) is 12.7. The van der Waals surface area contributed by atoms with Crippen LogP contribution in [-0.2, 0) is 11.3 Å². The van der Waals surface area contributed by atoms with Crippen LogP contribution in [0.5, 0.6) is 0 Å². The lowest BCUT2D eigenvalue weighted by Gasteiger charge is -2.10. The minimum absolute atomic E-state index is 0.287. The van der Waals surface area contributed by atoms with Crippen molar-refractivity contribution < 1.29 is 9.53 Å². The molecule has 0 bridgehead atoms. The summed E-state index contributed by atoms with van der Waals surface area (Å²) < 4.78 is 4.79. The van der Waals surface area contributed by atoms with Crippen LogP contribution < -0.4 is 10.6 Å². The minimum Gasteiger partial charge on any atom is -0.465 e. The molecule has 0 spiro atoms. The Balaban J connectivity index is 1.72. The quantitative estimate of drug-likeness (QED) is 0.660. The van der Waals surface area contributed by atoms with E-state index in [1.54, 1.807) is 24.4 Å². The Kier molecular flexibility index (Phi) is 5.38. The molecule has 0 fully saturated rings. The van der Waals surface area contributed by atoms with Crippen LogP contribution in [0.15, 0.2) is 54.7 Å². The predicted octanol–water partition coefficient (Wildman–Crippen LogP) is 3.32. The molecule has 26 heavy (non-hydrogen) atoms. The molecule has 0 aliphatic rings. The van der Waals surface area contributed by atoms with Crippen LogP contribution in [0, 0.1) is 6.92 Å². The van der Waals surface area contributed by atoms with Crippen LogP contribution in [-0.4, -0.2) is 28.3 Å². The van der Waals surface area contributed by atoms with Crippen LogP contribution >= 0.6 is 0 Å². The number of hydrogen-bond acceptors (Lipinski definition) is 7. The average molecular weight is 349 g/mol. The van der Waals surface area contributed by atoms with Gasteiger partial charge in [-0.3, -0.25) is 0 Å². The number of rotatable bonds is 6. The maximum Gasteiger partial charge on any atom is 0.339 e. The molecule has 7 heteroatoms. The largest absolute Gasteiger partial charge is 0.465 e. The fourth-order valence-electron chi connectivity index (χ4n) is 2.34. The molecule has 0 amide bonds. The highest BCUT2D eigenvalue weighted by molar-refractivity contribution is 5.96. The van der Waals surface area contributed by atoms with Crippen molar-refractivity contribution in [1.82, 2.24) is 15.2 Å². The van der Waals surface area contributed by atoms with Gasteiger partial charge in [0.1, 0.15) is 0 Å². The molecule has 0 radical (unpaired) electrons. The van der Waals surface area contributed by atoms with Crippen LogP contribution in [0.25, 0.3) is 0 Å². The number of nitrogens with zero attached hydrogens (tertiary/aromatic N) is 3. The monoisotopic (exact) mass is 349 g/mol. The van der Waals surface area contributed by atoms with E-state index in [0.717, 1.165) is 5.56 Å². The van der Waals surface area contributed by atoms with Gasteiger partial charge in [0.15, 0.2) is 5.82 Å². The summed E-state index contributed by atoms with van der Waals surface area (Å²) in [5, 5.41) is 14.1. The first-order valence-corrected chi connectivity index (χ1v) is 8.09. The number of para-hydroxylation sites is 1. The third kappa shape index (κ3) is 4.32. The van der Waals surface area contributed by atoms with Gasteiger partial charge in [-0.1, -0.05) is 42.0 Å². The molecule has 2 N–H and O–H groups in total. The first kappa shape index (κ1) is 17.3. The molecule has 0 aliphatic heterocycles. The van der Waals surface area contributed by atoms with Gasteiger partial charge < -0.3 is 15.4 Å². The second-order valence-corrected chi connectivity index (χ2v) is 5.67. The van der Waals surface area contributed by atoms with Gasteiger partial charge in [0, 0.05) is 6.54 Å². The number of anilines is 3. The van der Waals surface area contributed by atoms with E-state index in [1.807, 2.05) is 6.07 Å². The van der Waals surface area contributed by atoms with Gasteiger partial charge in [0.25, 0.3) is 0 Å². The van der Waals surface area contributed by atoms with E-state index in [2.05, 4.69) is 57.0 Å². The summed E-state index contributed by atoms with van der Waals surface area (Å²) >= 11 is 0. The lowest BCUT2D eigenvalue weighted by atomic mass is 10.1. The summed E-state index contributed by atoms with van der Waals surface area (Å²) in [6.45, 7) is 2.67. The number of methoxy groups -OCH3 is 1. The lowest BCUT2D eigenvalue weighted by molar-refractivity contribution is 0.0602. The minimum atomic E-state index is -0.435. The van der Waals surface area contributed by atoms with E-state index in [1.165, 1.54) is 12.7 Å². The standard InChI is InChI=1S/C19H19N5O2/c1-13-7-9-14(10-8-13)11-20-17-12-21-24-19(23-17)22-16-6-4-3-5-15(16)18(25)26-2/h3-10,12H,11H2,1-2H3,(H2,20,22,23,24). The summed E-state index contributed by atoms with van der Waals surface area (Å²) in [6, 6.07) is 15.2. The Morgan fingerprint density at radius 1 is 1.12 bits per heavy atom. The van der Waals surface area contributed by atoms with Gasteiger partial charge in [0.05, 0.1) is 24.6 Å². The smallest absolute Gasteiger partial charge is 0.339 e. The maximum atomic E-state index is 11.8. The van der Waals surface area contributed by atoms with Crippen LogP contribution in [0.1, 0.15) is 21.5 Å². The number of benzene rings is 2. The van der Waals surface area contributed by atoms with Crippen LogP contribution in [0.4, 0.5) is 17.5 Å². The second-order valence-electron chi connectivity index (χ2n) is 5.67. The first-order valence-electron chi connectivity index (χ1n) is 8.09. The molecule has 0 saturated carbocycles. The molecule has 0 atom stereocenters. The molecule has 0 unspecified atom stereocenters. The zero-order valence-electron chi connectivity index (χ0n) is 14.6. The van der Waals surface area contributed by atoms with E-state index in [-0.39, 0.29) is 5.95 Å². The van der Waals surface area contributed by atoms with Gasteiger partial charge in [-0.25, -0.2) is 4.79 Å². The number of aryl methyl sites for hydroxylation is 1. The summed E-state index contributed by atoms with van der Waals surface area (Å²) in [4.78, 5) is 16.2. The lowest BCUT2D eigenvalue weighted by Crippen LogP contribution is -2.09. The number of hydrogen-bond donors (Lipinski definition) is 2. The molecule has 0 aliphatic carbocycles. The fraction of sp³-hybridized carbons (Fsp3) is 0.158. The number of aromatic nitrogens is 3. The Hall–Kier alpha value is -3.48. The Morgan fingerprint density at radius 2 is 1.88 bits per heavy atom. The summed E-state index contributed by atoms with van der Waals surface area (Å²) in [5.41, 5.74) is 3.31. The van der Waals surface area contributed by atoms with Gasteiger partial charge in [-0.15, -0.1) is 5.10 Å². The van der Waals surface area contributed by atoms with Crippen molar-refractivity contribution in [3.8, 4) is 0 Å². The summed E-state index contributed by atoms with van der Waals surface area (Å²) in [6.07, 6.45) is 1.55. The maximum absolute atomic E-state index is 11.8. The number of ether oxygens (including phenoxy) is 1. The van der Waals surface area contributed by atoms with E-state index in [4.69, 9.17) is 4.74 Å². The normalized spacial score (nSPS) is 10.2. The van der Waals surface area contributed by atoms with Crippen molar-refractivity contribution in [2.75, 3.05) is 17.7 Å². The van der Waals surface area contributed by atoms with Crippen LogP contribution in [0.3, 0.4) is 0 Å². The number of esters is 1. The molecule has 2 aromatic carbocycles. The molecule has 1 heterocycles. The molecular formula is C19H19N5O2. The zero-order chi connectivity index (χ0) is 18.4. The summed E-state index contributed by atoms with van der Waals surface area (Å²) in [7, 11) is 1.34. The van der Waals surface area contributed by atoms with E-state index < -0.39 is 5.97 Å². The number of carbonyl (C=O) groups is 1. The molecule has 7 nitrogen and oxygen atoms in total. The van der Waals surface area contributed by atoms with Crippen LogP contribution in [0.2, 0.25) is 0 Å². The number of nitrogens with one attached hydrogen (secondary N) is 2. The Bertz CT molecular complexity index is 896. The topological polar surface area (TPSA) is 89.0 Å². The molecule has 3 aromatic rings. The highest BCUT2D eigenvalue weighted by Gasteiger charge is 2.12. The van der Waals surface area contributed by atoms with Crippen molar-refractivity contribution in [2.45, 2.75) is 13.5 Å². The molecule has 0 saturated heterocycles. The van der Waals surface area contributed by atoms with E-state index in [0.29, 0.717) is 23.6 Å². The van der Waals surface area contributed by atoms with Gasteiger partial charge in [-0.05, 0) is 24.6 Å². The SMILES string of the molecule is COC(=O)c1ccccc1Nc1nncc(NCc2ccc(C)cc2)n1. The second kappa shape index (κ2) is 8.06. The Labute approximate surface area is 151 Å². The average Bonchev–Trinajstić information content (AvgIpc) is 2.68. The summed E-state index contributed by atoms with van der Waals surface area (Å²) in [5.74, 6) is 0.434. The van der Waals surface area contributed by atoms with Crippen molar-refractivity contribution in [3.63, 3.8) is 0 Å². The van der Waals surface area contributed by atoms with Gasteiger partial charge in [0.2, 0.25) is 5.95 Å². The zero-order valence-corrected chi connectivity index (χ0v) is 14.6. The van der Waals surface area contributed by atoms with Gasteiger partial charge in [-0.2, -0.15) is 10.1 Å². The Morgan fingerprint density at radius 3 is 2.65 bits per heavy atom. The fourth-order valence-corrected chi connectivity index (χ4v) is 2.34. The van der Waals surface area contributed by atoms with Crippen molar-refractivity contribution in [1.29, 1.82) is 0 Å². The molecular weight excluding hydrogens is 330 g/mol. The number of carbonyl (C=O) groups excluding carboxylic acids is 1. The third-order valence-corrected chi connectivity index (χ3v) is 3.73. The molecule has 1 aromatic heterocycles. The van der Waals surface area contributed by atoms with Crippen molar-refractivity contribution in [3.05, 3.63) is 71.4 Å².